The highest BCUT2D eigenvalue weighted by Gasteiger charge is 2.26. The molecule has 2 heterocycles. The molecule has 1 aliphatic heterocycles. The number of rotatable bonds is 4. The minimum Gasteiger partial charge on any atom is -0.378 e. The van der Waals surface area contributed by atoms with E-state index in [9.17, 15) is 14.5 Å². The second-order valence-corrected chi connectivity index (χ2v) is 6.19. The van der Waals surface area contributed by atoms with Crippen LogP contribution in [0.15, 0.2) is 24.3 Å². The van der Waals surface area contributed by atoms with Crippen molar-refractivity contribution in [3.05, 3.63) is 40.2 Å². The highest BCUT2D eigenvalue weighted by atomic mass is 19.1. The Bertz CT molecular complexity index is 783. The van der Waals surface area contributed by atoms with Gasteiger partial charge in [-0.3, -0.25) is 10.1 Å². The van der Waals surface area contributed by atoms with Crippen molar-refractivity contribution in [1.82, 2.24) is 9.97 Å². The molecule has 132 valence electrons. The van der Waals surface area contributed by atoms with Gasteiger partial charge in [-0.15, -0.1) is 0 Å². The number of nitrogens with one attached hydrogen (secondary N) is 1. The van der Waals surface area contributed by atoms with Crippen molar-refractivity contribution in [2.75, 3.05) is 29.0 Å². The molecule has 0 aliphatic carbocycles. The van der Waals surface area contributed by atoms with E-state index in [4.69, 9.17) is 5.73 Å². The Labute approximate surface area is 144 Å². The number of benzene rings is 1. The molecular weight excluding hydrogens is 327 g/mol. The predicted octanol–water partition coefficient (Wildman–Crippen LogP) is 3.09. The van der Waals surface area contributed by atoms with E-state index >= 15 is 0 Å². The molecule has 0 unspecified atom stereocenters. The second-order valence-electron chi connectivity index (χ2n) is 6.19. The van der Waals surface area contributed by atoms with E-state index in [1.165, 1.54) is 24.3 Å². The van der Waals surface area contributed by atoms with Crippen LogP contribution in [0.4, 0.5) is 33.3 Å². The summed E-state index contributed by atoms with van der Waals surface area (Å²) < 4.78 is 13.1. The summed E-state index contributed by atoms with van der Waals surface area (Å²) in [6, 6.07) is 5.46. The van der Waals surface area contributed by atoms with Gasteiger partial charge in [0.25, 0.3) is 0 Å². The van der Waals surface area contributed by atoms with Crippen molar-refractivity contribution in [3.63, 3.8) is 0 Å². The zero-order chi connectivity index (χ0) is 18.0. The van der Waals surface area contributed by atoms with E-state index in [0.29, 0.717) is 17.6 Å². The van der Waals surface area contributed by atoms with Gasteiger partial charge in [0.15, 0.2) is 0 Å². The van der Waals surface area contributed by atoms with Crippen LogP contribution in [0.1, 0.15) is 19.8 Å². The molecule has 1 aromatic heterocycles. The quantitative estimate of drug-likeness (QED) is 0.646. The van der Waals surface area contributed by atoms with Crippen LogP contribution in [0.2, 0.25) is 0 Å². The molecule has 3 rings (SSSR count). The van der Waals surface area contributed by atoms with E-state index in [2.05, 4.69) is 22.2 Å². The molecule has 2 aromatic rings. The Morgan fingerprint density at radius 3 is 2.72 bits per heavy atom. The summed E-state index contributed by atoms with van der Waals surface area (Å²) in [6.45, 7) is 3.68. The molecule has 0 saturated carbocycles. The Kier molecular flexibility index (Phi) is 4.64. The Morgan fingerprint density at radius 1 is 1.36 bits per heavy atom. The lowest BCUT2D eigenvalue weighted by Crippen LogP contribution is -2.35. The minimum atomic E-state index is -0.621. The first kappa shape index (κ1) is 16.9. The molecule has 1 saturated heterocycles. The van der Waals surface area contributed by atoms with Gasteiger partial charge in [0, 0.05) is 18.8 Å². The summed E-state index contributed by atoms with van der Waals surface area (Å²) in [4.78, 5) is 21.2. The fourth-order valence-corrected chi connectivity index (χ4v) is 2.91. The predicted molar refractivity (Wildman–Crippen MR) is 93.4 cm³/mol. The van der Waals surface area contributed by atoms with Gasteiger partial charge in [-0.05, 0) is 43.0 Å². The normalized spacial score (nSPS) is 17.4. The Hall–Kier alpha value is -2.97. The summed E-state index contributed by atoms with van der Waals surface area (Å²) in [5.41, 5.74) is 5.90. The third kappa shape index (κ3) is 3.76. The van der Waals surface area contributed by atoms with Gasteiger partial charge in [0.2, 0.25) is 17.6 Å². The van der Waals surface area contributed by atoms with Gasteiger partial charge >= 0.3 is 5.69 Å². The lowest BCUT2D eigenvalue weighted by Gasteiger charge is -2.31. The van der Waals surface area contributed by atoms with Crippen molar-refractivity contribution >= 4 is 29.0 Å². The van der Waals surface area contributed by atoms with Crippen LogP contribution in [-0.4, -0.2) is 28.0 Å². The highest BCUT2D eigenvalue weighted by Crippen LogP contribution is 2.33. The van der Waals surface area contributed by atoms with Gasteiger partial charge in [-0.1, -0.05) is 6.92 Å². The number of halogens is 1. The Balaban J connectivity index is 1.98. The standard InChI is InChI=1S/C16H19FN6O2/c1-10-3-2-8-22(9-10)16-20-14(18)13(23(24)25)15(21-16)19-12-6-4-11(17)5-7-12/h4-7,10H,2-3,8-9H2,1H3,(H3,18,19,20,21)/t10-/m0/s1. The summed E-state index contributed by atoms with van der Waals surface area (Å²) in [5, 5.41) is 14.2. The summed E-state index contributed by atoms with van der Waals surface area (Å²) >= 11 is 0. The van der Waals surface area contributed by atoms with Crippen LogP contribution in [0.3, 0.4) is 0 Å². The van der Waals surface area contributed by atoms with E-state index in [1.807, 2.05) is 4.90 Å². The number of nitrogen functional groups attached to an aromatic ring is 1. The molecule has 3 N–H and O–H groups in total. The topological polar surface area (TPSA) is 110 Å². The number of anilines is 4. The molecule has 0 radical (unpaired) electrons. The lowest BCUT2D eigenvalue weighted by atomic mass is 10.0. The molecule has 8 nitrogen and oxygen atoms in total. The number of hydrogen-bond donors (Lipinski definition) is 2. The molecular formula is C16H19FN6O2. The summed E-state index contributed by atoms with van der Waals surface area (Å²) in [5.74, 6) is 0.252. The number of hydrogen-bond acceptors (Lipinski definition) is 7. The first-order valence-electron chi connectivity index (χ1n) is 8.03. The van der Waals surface area contributed by atoms with E-state index in [-0.39, 0.29) is 11.6 Å². The van der Waals surface area contributed by atoms with E-state index in [0.717, 1.165) is 25.9 Å². The average Bonchev–Trinajstić information content (AvgIpc) is 2.56. The molecule has 1 atom stereocenters. The Morgan fingerprint density at radius 2 is 2.08 bits per heavy atom. The van der Waals surface area contributed by atoms with Crippen molar-refractivity contribution in [2.24, 2.45) is 5.92 Å². The maximum absolute atomic E-state index is 13.1. The summed E-state index contributed by atoms with van der Waals surface area (Å²) in [6.07, 6.45) is 2.13. The van der Waals surface area contributed by atoms with Crippen LogP contribution in [0.5, 0.6) is 0 Å². The van der Waals surface area contributed by atoms with Gasteiger partial charge in [0.1, 0.15) is 5.82 Å². The third-order valence-corrected chi connectivity index (χ3v) is 4.13. The SMILES string of the molecule is C[C@H]1CCCN(c2nc(N)c([N+](=O)[O-])c(Nc3ccc(F)cc3)n2)C1. The largest absolute Gasteiger partial charge is 0.378 e. The third-order valence-electron chi connectivity index (χ3n) is 4.13. The molecule has 0 bridgehead atoms. The minimum absolute atomic E-state index is 0.00247. The molecule has 0 spiro atoms. The number of nitrogens with two attached hydrogens (primary N) is 1. The monoisotopic (exact) mass is 346 g/mol. The maximum Gasteiger partial charge on any atom is 0.353 e. The van der Waals surface area contributed by atoms with E-state index < -0.39 is 16.4 Å². The number of aromatic nitrogens is 2. The molecule has 0 amide bonds. The molecule has 1 fully saturated rings. The van der Waals surface area contributed by atoms with Gasteiger partial charge in [-0.2, -0.15) is 9.97 Å². The van der Waals surface area contributed by atoms with Crippen LogP contribution in [0.25, 0.3) is 0 Å². The zero-order valence-corrected chi connectivity index (χ0v) is 13.8. The van der Waals surface area contributed by atoms with Crippen molar-refractivity contribution in [3.8, 4) is 0 Å². The van der Waals surface area contributed by atoms with Crippen LogP contribution >= 0.6 is 0 Å². The van der Waals surface area contributed by atoms with Gasteiger partial charge in [-0.25, -0.2) is 4.39 Å². The molecule has 25 heavy (non-hydrogen) atoms. The fraction of sp³-hybridized carbons (Fsp3) is 0.375. The first-order valence-corrected chi connectivity index (χ1v) is 8.03. The van der Waals surface area contributed by atoms with Crippen molar-refractivity contribution < 1.29 is 9.31 Å². The smallest absolute Gasteiger partial charge is 0.353 e. The van der Waals surface area contributed by atoms with Crippen molar-refractivity contribution in [2.45, 2.75) is 19.8 Å². The van der Waals surface area contributed by atoms with Gasteiger partial charge in [0.05, 0.1) is 4.92 Å². The average molecular weight is 346 g/mol. The lowest BCUT2D eigenvalue weighted by molar-refractivity contribution is -0.383. The number of nitro groups is 1. The highest BCUT2D eigenvalue weighted by molar-refractivity contribution is 5.74. The zero-order valence-electron chi connectivity index (χ0n) is 13.8. The van der Waals surface area contributed by atoms with Gasteiger partial charge < -0.3 is 16.0 Å². The van der Waals surface area contributed by atoms with E-state index in [1.54, 1.807) is 0 Å². The molecule has 9 heteroatoms. The van der Waals surface area contributed by atoms with Crippen LogP contribution < -0.4 is 16.0 Å². The molecule has 1 aromatic carbocycles. The fourth-order valence-electron chi connectivity index (χ4n) is 2.91. The first-order chi connectivity index (χ1) is 11.9. The maximum atomic E-state index is 13.1. The number of nitrogens with zero attached hydrogens (tertiary/aromatic N) is 4. The van der Waals surface area contributed by atoms with Crippen LogP contribution in [0, 0.1) is 21.8 Å². The number of piperidine rings is 1. The van der Waals surface area contributed by atoms with Crippen molar-refractivity contribution in [1.29, 1.82) is 0 Å². The summed E-state index contributed by atoms with van der Waals surface area (Å²) in [7, 11) is 0. The second kappa shape index (κ2) is 6.88. The van der Waals surface area contributed by atoms with Crippen LogP contribution in [-0.2, 0) is 0 Å². The molecule has 1 aliphatic rings.